The van der Waals surface area contributed by atoms with E-state index in [1.807, 2.05) is 0 Å². The lowest BCUT2D eigenvalue weighted by molar-refractivity contribution is -0.387. The number of nitro benzene ring substituents is 1. The summed E-state index contributed by atoms with van der Waals surface area (Å²) in [6, 6.07) is 1.49. The Bertz CT molecular complexity index is 491. The summed E-state index contributed by atoms with van der Waals surface area (Å²) in [7, 11) is 0. The summed E-state index contributed by atoms with van der Waals surface area (Å²) in [6.07, 6.45) is 3.13. The van der Waals surface area contributed by atoms with Gasteiger partial charge in [0.25, 0.3) is 0 Å². The highest BCUT2D eigenvalue weighted by Crippen LogP contribution is 2.21. The van der Waals surface area contributed by atoms with Gasteiger partial charge >= 0.3 is 5.69 Å². The van der Waals surface area contributed by atoms with Gasteiger partial charge in [0.05, 0.1) is 11.0 Å². The predicted molar refractivity (Wildman–Crippen MR) is 68.3 cm³/mol. The topological polar surface area (TPSA) is 64.4 Å². The van der Waals surface area contributed by atoms with Crippen LogP contribution in [0.3, 0.4) is 0 Å². The number of benzene rings is 1. The molecule has 0 bridgehead atoms. The van der Waals surface area contributed by atoms with Gasteiger partial charge in [-0.2, -0.15) is 4.39 Å². The standard InChI is InChI=1S/C13H16F2N2O3/c14-11-7-12(15)13(17(18)19)6-9(11)8-16-4-3-10-2-1-5-20-10/h6-7,10,16H,1-5,8H2. The molecule has 1 unspecified atom stereocenters. The second-order valence-electron chi connectivity index (χ2n) is 4.75. The van der Waals surface area contributed by atoms with Crippen LogP contribution in [0.25, 0.3) is 0 Å². The molecule has 0 aliphatic carbocycles. The number of ether oxygens (including phenoxy) is 1. The second-order valence-corrected chi connectivity index (χ2v) is 4.75. The molecule has 20 heavy (non-hydrogen) atoms. The van der Waals surface area contributed by atoms with Gasteiger partial charge in [0, 0.05) is 30.8 Å². The molecule has 5 nitrogen and oxygen atoms in total. The number of hydrogen-bond donors (Lipinski definition) is 1. The normalized spacial score (nSPS) is 18.4. The number of nitro groups is 1. The van der Waals surface area contributed by atoms with Crippen molar-refractivity contribution in [3.8, 4) is 0 Å². The van der Waals surface area contributed by atoms with E-state index >= 15 is 0 Å². The third kappa shape index (κ3) is 3.71. The Morgan fingerprint density at radius 3 is 2.85 bits per heavy atom. The lowest BCUT2D eigenvalue weighted by atomic mass is 10.1. The highest BCUT2D eigenvalue weighted by molar-refractivity contribution is 5.37. The van der Waals surface area contributed by atoms with Crippen molar-refractivity contribution >= 4 is 5.69 Å². The van der Waals surface area contributed by atoms with Crippen LogP contribution >= 0.6 is 0 Å². The van der Waals surface area contributed by atoms with E-state index in [-0.39, 0.29) is 18.2 Å². The molecule has 1 heterocycles. The van der Waals surface area contributed by atoms with Crippen molar-refractivity contribution in [3.63, 3.8) is 0 Å². The van der Waals surface area contributed by atoms with E-state index in [1.54, 1.807) is 0 Å². The molecular formula is C13H16F2N2O3. The van der Waals surface area contributed by atoms with Crippen molar-refractivity contribution in [1.82, 2.24) is 5.32 Å². The molecule has 1 saturated heterocycles. The van der Waals surface area contributed by atoms with Crippen LogP contribution in [-0.2, 0) is 11.3 Å². The van der Waals surface area contributed by atoms with Gasteiger partial charge in [-0.15, -0.1) is 0 Å². The summed E-state index contributed by atoms with van der Waals surface area (Å²) >= 11 is 0. The zero-order valence-corrected chi connectivity index (χ0v) is 10.9. The Morgan fingerprint density at radius 1 is 1.40 bits per heavy atom. The monoisotopic (exact) mass is 286 g/mol. The van der Waals surface area contributed by atoms with E-state index in [9.17, 15) is 18.9 Å². The van der Waals surface area contributed by atoms with Gasteiger partial charge in [-0.1, -0.05) is 0 Å². The first-order valence-corrected chi connectivity index (χ1v) is 6.52. The fraction of sp³-hybridized carbons (Fsp3) is 0.538. The van der Waals surface area contributed by atoms with Crippen LogP contribution in [0.1, 0.15) is 24.8 Å². The summed E-state index contributed by atoms with van der Waals surface area (Å²) < 4.78 is 32.1. The average Bonchev–Trinajstić information content (AvgIpc) is 2.89. The first-order valence-electron chi connectivity index (χ1n) is 6.52. The van der Waals surface area contributed by atoms with Crippen molar-refractivity contribution in [3.05, 3.63) is 39.4 Å². The molecule has 0 amide bonds. The Balaban J connectivity index is 1.88. The average molecular weight is 286 g/mol. The van der Waals surface area contributed by atoms with Gasteiger partial charge in [-0.05, 0) is 25.8 Å². The molecule has 1 aliphatic heterocycles. The van der Waals surface area contributed by atoms with Crippen LogP contribution in [0.4, 0.5) is 14.5 Å². The number of hydrogen-bond acceptors (Lipinski definition) is 4. The number of halogens is 2. The zero-order chi connectivity index (χ0) is 14.5. The van der Waals surface area contributed by atoms with E-state index in [0.29, 0.717) is 12.6 Å². The highest BCUT2D eigenvalue weighted by Gasteiger charge is 2.18. The third-order valence-corrected chi connectivity index (χ3v) is 3.30. The molecule has 0 aromatic heterocycles. The van der Waals surface area contributed by atoms with Gasteiger partial charge in [0.2, 0.25) is 5.82 Å². The maximum atomic E-state index is 13.5. The van der Waals surface area contributed by atoms with E-state index in [1.165, 1.54) is 0 Å². The van der Waals surface area contributed by atoms with Crippen molar-refractivity contribution < 1.29 is 18.4 Å². The molecular weight excluding hydrogens is 270 g/mol. The first-order chi connectivity index (χ1) is 9.58. The summed E-state index contributed by atoms with van der Waals surface area (Å²) in [5.41, 5.74) is -0.618. The Labute approximate surface area is 115 Å². The molecule has 0 saturated carbocycles. The lowest BCUT2D eigenvalue weighted by Crippen LogP contribution is -2.20. The fourth-order valence-corrected chi connectivity index (χ4v) is 2.21. The molecule has 7 heteroatoms. The molecule has 0 radical (unpaired) electrons. The van der Waals surface area contributed by atoms with E-state index < -0.39 is 22.2 Å². The minimum atomic E-state index is -1.16. The molecule has 1 fully saturated rings. The van der Waals surface area contributed by atoms with E-state index in [2.05, 4.69) is 5.32 Å². The Morgan fingerprint density at radius 2 is 2.20 bits per heavy atom. The number of rotatable bonds is 6. The van der Waals surface area contributed by atoms with Crippen molar-refractivity contribution in [2.24, 2.45) is 0 Å². The second kappa shape index (κ2) is 6.71. The largest absolute Gasteiger partial charge is 0.378 e. The highest BCUT2D eigenvalue weighted by atomic mass is 19.1. The molecule has 1 atom stereocenters. The maximum absolute atomic E-state index is 13.5. The van der Waals surface area contributed by atoms with Crippen LogP contribution in [0, 0.1) is 21.7 Å². The van der Waals surface area contributed by atoms with Crippen LogP contribution < -0.4 is 5.32 Å². The Hall–Kier alpha value is -1.60. The summed E-state index contributed by atoms with van der Waals surface area (Å²) in [5.74, 6) is -1.94. The molecule has 1 N–H and O–H groups in total. The predicted octanol–water partition coefficient (Wildman–Crippen LogP) is 2.53. The molecule has 1 aromatic rings. The summed E-state index contributed by atoms with van der Waals surface area (Å²) in [6.45, 7) is 1.53. The SMILES string of the molecule is O=[N+]([O-])c1cc(CNCCC2CCCO2)c(F)cc1F. The minimum Gasteiger partial charge on any atom is -0.378 e. The van der Waals surface area contributed by atoms with E-state index in [4.69, 9.17) is 4.74 Å². The molecule has 1 aliphatic rings. The van der Waals surface area contributed by atoms with Crippen molar-refractivity contribution in [2.75, 3.05) is 13.2 Å². The number of nitrogens with one attached hydrogen (secondary N) is 1. The van der Waals surface area contributed by atoms with Gasteiger partial charge in [-0.3, -0.25) is 10.1 Å². The van der Waals surface area contributed by atoms with Crippen molar-refractivity contribution in [1.29, 1.82) is 0 Å². The zero-order valence-electron chi connectivity index (χ0n) is 10.9. The molecule has 2 rings (SSSR count). The van der Waals surface area contributed by atoms with Gasteiger partial charge in [0.15, 0.2) is 0 Å². The molecule has 0 spiro atoms. The maximum Gasteiger partial charge on any atom is 0.305 e. The third-order valence-electron chi connectivity index (χ3n) is 3.30. The van der Waals surface area contributed by atoms with Crippen LogP contribution in [0.2, 0.25) is 0 Å². The fourth-order valence-electron chi connectivity index (χ4n) is 2.21. The Kier molecular flexibility index (Phi) is 4.97. The van der Waals surface area contributed by atoms with Gasteiger partial charge in [0.1, 0.15) is 5.82 Å². The summed E-state index contributed by atoms with van der Waals surface area (Å²) in [4.78, 5) is 9.74. The summed E-state index contributed by atoms with van der Waals surface area (Å²) in [5, 5.41) is 13.6. The van der Waals surface area contributed by atoms with Crippen molar-refractivity contribution in [2.45, 2.75) is 31.9 Å². The van der Waals surface area contributed by atoms with E-state index in [0.717, 1.165) is 31.9 Å². The van der Waals surface area contributed by atoms with Crippen LogP contribution in [0.15, 0.2) is 12.1 Å². The minimum absolute atomic E-state index is 0.0884. The molecule has 1 aromatic carbocycles. The number of nitrogens with zero attached hydrogens (tertiary/aromatic N) is 1. The smallest absolute Gasteiger partial charge is 0.305 e. The van der Waals surface area contributed by atoms with Gasteiger partial charge in [-0.25, -0.2) is 4.39 Å². The molecule has 110 valence electrons. The first kappa shape index (κ1) is 14.8. The van der Waals surface area contributed by atoms with Crippen LogP contribution in [0.5, 0.6) is 0 Å². The van der Waals surface area contributed by atoms with Gasteiger partial charge < -0.3 is 10.1 Å². The lowest BCUT2D eigenvalue weighted by Gasteiger charge is -2.10. The quantitative estimate of drug-likeness (QED) is 0.496. The van der Waals surface area contributed by atoms with Crippen LogP contribution in [-0.4, -0.2) is 24.2 Å².